The van der Waals surface area contributed by atoms with E-state index in [1.165, 1.54) is 29.4 Å². The average molecular weight is 543 g/mol. The van der Waals surface area contributed by atoms with Crippen molar-refractivity contribution in [3.05, 3.63) is 63.9 Å². The van der Waals surface area contributed by atoms with Crippen molar-refractivity contribution in [3.8, 4) is 5.75 Å². The third-order valence-electron chi connectivity index (χ3n) is 6.28. The summed E-state index contributed by atoms with van der Waals surface area (Å²) < 4.78 is 40.7. The van der Waals surface area contributed by atoms with Crippen molar-refractivity contribution in [1.82, 2.24) is 14.9 Å². The fraction of sp³-hybridized carbons (Fsp3) is 0.308. The van der Waals surface area contributed by atoms with Gasteiger partial charge >= 0.3 is 5.97 Å². The predicted molar refractivity (Wildman–Crippen MR) is 136 cm³/mol. The zero-order chi connectivity index (χ0) is 26.8. The quantitative estimate of drug-likeness (QED) is 0.302. The Balaban J connectivity index is 1.33. The van der Waals surface area contributed by atoms with Crippen LogP contribution in [0, 0.1) is 5.82 Å². The highest BCUT2D eigenvalue weighted by Crippen LogP contribution is 2.37. The molecule has 38 heavy (non-hydrogen) atoms. The average Bonchev–Trinajstić information content (AvgIpc) is 3.63. The molecule has 1 saturated heterocycles. The van der Waals surface area contributed by atoms with Gasteiger partial charge in [-0.1, -0.05) is 18.2 Å². The predicted octanol–water partition coefficient (Wildman–Crippen LogP) is 5.05. The minimum atomic E-state index is -1.24. The lowest BCUT2D eigenvalue weighted by Gasteiger charge is -2.23. The van der Waals surface area contributed by atoms with Crippen LogP contribution >= 0.6 is 11.3 Å². The number of alkyl halides is 1. The van der Waals surface area contributed by atoms with E-state index < -0.39 is 29.9 Å². The van der Waals surface area contributed by atoms with Gasteiger partial charge in [0.2, 0.25) is 5.91 Å². The number of carboxylic acid groups (broad SMARTS) is 1. The highest BCUT2D eigenvalue weighted by molar-refractivity contribution is 7.11. The Morgan fingerprint density at radius 2 is 2.11 bits per heavy atom. The number of oxazole rings is 1. The van der Waals surface area contributed by atoms with Crippen LogP contribution in [0.25, 0.3) is 11.1 Å². The number of fused-ring (bicyclic) bond motifs is 1. The number of nitrogens with zero attached hydrogens (tertiary/aromatic N) is 3. The number of benzene rings is 2. The Morgan fingerprint density at radius 1 is 1.29 bits per heavy atom. The van der Waals surface area contributed by atoms with E-state index in [1.54, 1.807) is 30.5 Å². The molecule has 0 aliphatic carbocycles. The van der Waals surface area contributed by atoms with Gasteiger partial charge in [0.25, 0.3) is 6.01 Å². The molecule has 5 rings (SSSR count). The molecule has 0 bridgehead atoms. The number of aromatic nitrogens is 2. The van der Waals surface area contributed by atoms with Gasteiger partial charge in [-0.05, 0) is 24.6 Å². The van der Waals surface area contributed by atoms with E-state index in [1.807, 2.05) is 6.07 Å². The molecule has 0 unspecified atom stereocenters. The number of hydrogen-bond donors (Lipinski definition) is 2. The number of anilines is 2. The lowest BCUT2D eigenvalue weighted by atomic mass is 10.1. The van der Waals surface area contributed by atoms with Crippen LogP contribution in [0.2, 0.25) is 0 Å². The number of amides is 1. The first-order valence-corrected chi connectivity index (χ1v) is 12.7. The van der Waals surface area contributed by atoms with Crippen molar-refractivity contribution < 1.29 is 32.6 Å². The van der Waals surface area contributed by atoms with E-state index >= 15 is 4.39 Å². The van der Waals surface area contributed by atoms with E-state index in [-0.39, 0.29) is 48.5 Å². The number of halogens is 2. The van der Waals surface area contributed by atoms with E-state index in [0.29, 0.717) is 22.9 Å². The summed E-state index contributed by atoms with van der Waals surface area (Å²) in [5.74, 6) is -1.52. The Labute approximate surface area is 220 Å². The maximum absolute atomic E-state index is 15.4. The lowest BCUT2D eigenvalue weighted by Crippen LogP contribution is -2.32. The largest absolute Gasteiger partial charge is 0.495 e. The molecule has 2 aromatic heterocycles. The first-order chi connectivity index (χ1) is 18.3. The zero-order valence-electron chi connectivity index (χ0n) is 20.3. The number of rotatable bonds is 9. The van der Waals surface area contributed by atoms with E-state index in [9.17, 15) is 14.0 Å². The van der Waals surface area contributed by atoms with E-state index in [4.69, 9.17) is 14.3 Å². The molecule has 9 nitrogen and oxygen atoms in total. The molecule has 0 spiro atoms. The van der Waals surface area contributed by atoms with Gasteiger partial charge in [0, 0.05) is 23.1 Å². The molecule has 2 N–H and O–H groups in total. The molecule has 12 heteroatoms. The van der Waals surface area contributed by atoms with Crippen molar-refractivity contribution in [2.24, 2.45) is 0 Å². The molecule has 198 valence electrons. The van der Waals surface area contributed by atoms with Gasteiger partial charge < -0.3 is 24.5 Å². The van der Waals surface area contributed by atoms with Crippen LogP contribution in [0.5, 0.6) is 5.75 Å². The van der Waals surface area contributed by atoms with Crippen LogP contribution in [-0.2, 0) is 22.4 Å². The molecule has 0 saturated carbocycles. The van der Waals surface area contributed by atoms with Gasteiger partial charge in [-0.25, -0.2) is 13.8 Å². The van der Waals surface area contributed by atoms with Crippen molar-refractivity contribution in [3.63, 3.8) is 0 Å². The topological polar surface area (TPSA) is 118 Å². The fourth-order valence-electron chi connectivity index (χ4n) is 4.44. The van der Waals surface area contributed by atoms with Gasteiger partial charge in [0.05, 0.1) is 38.2 Å². The van der Waals surface area contributed by atoms with Gasteiger partial charge in [-0.2, -0.15) is 4.98 Å². The molecule has 3 heterocycles. The second-order valence-corrected chi connectivity index (χ2v) is 10.0. The third kappa shape index (κ3) is 5.30. The van der Waals surface area contributed by atoms with Crippen LogP contribution in [0.4, 0.5) is 20.5 Å². The SMILES string of the molecule is COc1ccccc1Nc1nc2ccc(CC(=O)N3C[C@@H](F)C[C@H]3c3ncc(CCC(=O)O)s3)c(F)c2o1. The number of thiazole rings is 1. The highest BCUT2D eigenvalue weighted by atomic mass is 32.1. The molecular weight excluding hydrogens is 518 g/mol. The van der Waals surface area contributed by atoms with Crippen molar-refractivity contribution in [1.29, 1.82) is 0 Å². The number of aliphatic carboxylic acids is 1. The molecule has 1 fully saturated rings. The molecular formula is C26H24F2N4O5S. The summed E-state index contributed by atoms with van der Waals surface area (Å²) in [6.45, 7) is -0.118. The molecule has 1 aliphatic heterocycles. The fourth-order valence-corrected chi connectivity index (χ4v) is 5.48. The Bertz CT molecular complexity index is 1490. The number of hydrogen-bond acceptors (Lipinski definition) is 8. The van der Waals surface area contributed by atoms with Gasteiger partial charge in [-0.3, -0.25) is 9.59 Å². The summed E-state index contributed by atoms with van der Waals surface area (Å²) in [7, 11) is 1.53. The Morgan fingerprint density at radius 3 is 2.89 bits per heavy atom. The standard InChI is InChI=1S/C26H24F2N4O5S/c1-36-20-5-3-2-4-17(20)30-26-31-18-8-6-14(23(28)24(18)37-26)10-21(33)32-13-15(27)11-19(32)25-29-12-16(38-25)7-9-22(34)35/h2-6,8,12,15,19H,7,9-11,13H2,1H3,(H,30,31)(H,34,35)/t15-,19-/m0/s1. The molecule has 2 atom stereocenters. The van der Waals surface area contributed by atoms with Crippen LogP contribution in [-0.4, -0.2) is 51.7 Å². The molecule has 0 radical (unpaired) electrons. The maximum atomic E-state index is 15.4. The minimum Gasteiger partial charge on any atom is -0.495 e. The van der Waals surface area contributed by atoms with Crippen LogP contribution in [0.3, 0.4) is 0 Å². The van der Waals surface area contributed by atoms with Crippen molar-refractivity contribution >= 4 is 46.0 Å². The van der Waals surface area contributed by atoms with Gasteiger partial charge in [-0.15, -0.1) is 11.3 Å². The van der Waals surface area contributed by atoms with Crippen LogP contribution in [0.1, 0.15) is 34.3 Å². The monoisotopic (exact) mass is 542 g/mol. The second-order valence-electron chi connectivity index (χ2n) is 8.86. The summed E-state index contributed by atoms with van der Waals surface area (Å²) >= 11 is 1.26. The summed E-state index contributed by atoms with van der Waals surface area (Å²) in [4.78, 5) is 34.7. The number of para-hydroxylation sites is 2. The van der Waals surface area contributed by atoms with E-state index in [2.05, 4.69) is 15.3 Å². The molecule has 1 amide bonds. The number of aryl methyl sites for hydroxylation is 1. The smallest absolute Gasteiger partial charge is 0.303 e. The molecule has 2 aromatic carbocycles. The summed E-state index contributed by atoms with van der Waals surface area (Å²) in [5.41, 5.74) is 0.865. The number of carbonyl (C=O) groups excluding carboxylic acids is 1. The number of carbonyl (C=O) groups is 2. The van der Waals surface area contributed by atoms with Crippen LogP contribution in [0.15, 0.2) is 47.0 Å². The van der Waals surface area contributed by atoms with Gasteiger partial charge in [0.15, 0.2) is 11.4 Å². The second kappa shape index (κ2) is 10.7. The van der Waals surface area contributed by atoms with E-state index in [0.717, 1.165) is 4.88 Å². The highest BCUT2D eigenvalue weighted by Gasteiger charge is 2.38. The number of nitrogens with one attached hydrogen (secondary N) is 1. The summed E-state index contributed by atoms with van der Waals surface area (Å²) in [6.07, 6.45) is 0.381. The lowest BCUT2D eigenvalue weighted by molar-refractivity contribution is -0.137. The number of likely N-dealkylation sites (tertiary alicyclic amines) is 1. The molecule has 1 aliphatic rings. The molecule has 4 aromatic rings. The first-order valence-electron chi connectivity index (χ1n) is 11.9. The van der Waals surface area contributed by atoms with Crippen molar-refractivity contribution in [2.45, 2.75) is 37.9 Å². The zero-order valence-corrected chi connectivity index (χ0v) is 21.1. The first kappa shape index (κ1) is 25.6. The third-order valence-corrected chi connectivity index (χ3v) is 7.44. The number of carboxylic acids is 1. The number of methoxy groups -OCH3 is 1. The van der Waals surface area contributed by atoms with Crippen LogP contribution < -0.4 is 10.1 Å². The normalized spacial score (nSPS) is 17.2. The van der Waals surface area contributed by atoms with Crippen molar-refractivity contribution in [2.75, 3.05) is 19.0 Å². The van der Waals surface area contributed by atoms with Gasteiger partial charge in [0.1, 0.15) is 22.4 Å². The number of ether oxygens (including phenoxy) is 1. The maximum Gasteiger partial charge on any atom is 0.303 e. The Kier molecular flexibility index (Phi) is 7.23. The summed E-state index contributed by atoms with van der Waals surface area (Å²) in [6, 6.07) is 9.63. The minimum absolute atomic E-state index is 0.0415. The Hall–Kier alpha value is -4.06. The summed E-state index contributed by atoms with van der Waals surface area (Å²) in [5, 5.41) is 12.4.